The van der Waals surface area contributed by atoms with Crippen LogP contribution in [0, 0.1) is 0 Å². The molecule has 0 radical (unpaired) electrons. The summed E-state index contributed by atoms with van der Waals surface area (Å²) < 4.78 is 0. The maximum Gasteiger partial charge on any atom is 0.139 e. The Bertz CT molecular complexity index is 492. The Kier molecular flexibility index (Phi) is 3.30. The maximum atomic E-state index is 9.63. The van der Waals surface area contributed by atoms with Gasteiger partial charge in [0.25, 0.3) is 0 Å². The highest BCUT2D eigenvalue weighted by molar-refractivity contribution is 5.65. The third-order valence-corrected chi connectivity index (χ3v) is 2.62. The number of para-hydroxylation sites is 2. The molecule has 0 heterocycles. The fourth-order valence-corrected chi connectivity index (χ4v) is 1.60. The minimum Gasteiger partial charge on any atom is -0.506 e. The minimum absolute atomic E-state index is 0.0363. The van der Waals surface area contributed by atoms with Gasteiger partial charge in [-0.2, -0.15) is 0 Å². The van der Waals surface area contributed by atoms with Crippen LogP contribution in [0.1, 0.15) is 18.5 Å². The Morgan fingerprint density at radius 1 is 1.06 bits per heavy atom. The molecule has 3 nitrogen and oxygen atoms in total. The number of nitrogens with two attached hydrogens (primary N) is 1. The smallest absolute Gasteiger partial charge is 0.139 e. The number of nitrogens with one attached hydrogen (secondary N) is 1. The first kappa shape index (κ1) is 11.5. The van der Waals surface area contributed by atoms with Crippen LogP contribution in [-0.2, 0) is 0 Å². The van der Waals surface area contributed by atoms with Gasteiger partial charge in [0.05, 0.1) is 5.69 Å². The van der Waals surface area contributed by atoms with Crippen molar-refractivity contribution in [3.63, 3.8) is 0 Å². The molecule has 0 amide bonds. The molecule has 2 rings (SSSR count). The van der Waals surface area contributed by atoms with E-state index in [9.17, 15) is 5.11 Å². The van der Waals surface area contributed by atoms with Gasteiger partial charge in [-0.25, -0.2) is 0 Å². The highest BCUT2D eigenvalue weighted by Gasteiger charge is 2.01. The van der Waals surface area contributed by atoms with Crippen LogP contribution in [-0.4, -0.2) is 5.11 Å². The van der Waals surface area contributed by atoms with Gasteiger partial charge in [-0.1, -0.05) is 24.3 Å². The summed E-state index contributed by atoms with van der Waals surface area (Å²) in [6.07, 6.45) is 0. The van der Waals surface area contributed by atoms with E-state index in [2.05, 4.69) is 5.32 Å². The van der Waals surface area contributed by atoms with Crippen molar-refractivity contribution in [2.45, 2.75) is 13.0 Å². The predicted molar refractivity (Wildman–Crippen MR) is 70.4 cm³/mol. The molecule has 0 aliphatic carbocycles. The second kappa shape index (κ2) is 4.89. The lowest BCUT2D eigenvalue weighted by Crippen LogP contribution is -2.04. The minimum atomic E-state index is 0.0363. The standard InChI is InChI=1S/C14H16N2O/c1-10(15)11-6-8-12(9-7-11)16-13-4-2-3-5-14(13)17/h2-10,16-17H,15H2,1H3/t10-/m1/s1. The van der Waals surface area contributed by atoms with Crippen LogP contribution < -0.4 is 11.1 Å². The number of hydrogen-bond donors (Lipinski definition) is 3. The van der Waals surface area contributed by atoms with Crippen molar-refractivity contribution < 1.29 is 5.11 Å². The number of anilines is 2. The van der Waals surface area contributed by atoms with Gasteiger partial charge in [0.2, 0.25) is 0 Å². The number of benzene rings is 2. The number of rotatable bonds is 3. The van der Waals surface area contributed by atoms with Gasteiger partial charge in [0, 0.05) is 11.7 Å². The topological polar surface area (TPSA) is 58.3 Å². The molecule has 0 unspecified atom stereocenters. The third kappa shape index (κ3) is 2.77. The van der Waals surface area contributed by atoms with E-state index < -0.39 is 0 Å². The normalized spacial score (nSPS) is 12.1. The monoisotopic (exact) mass is 228 g/mol. The van der Waals surface area contributed by atoms with E-state index in [0.717, 1.165) is 11.3 Å². The van der Waals surface area contributed by atoms with Crippen molar-refractivity contribution in [3.8, 4) is 5.75 Å². The van der Waals surface area contributed by atoms with E-state index in [1.54, 1.807) is 12.1 Å². The molecule has 0 saturated heterocycles. The molecule has 4 N–H and O–H groups in total. The van der Waals surface area contributed by atoms with E-state index in [1.807, 2.05) is 43.3 Å². The van der Waals surface area contributed by atoms with Crippen LogP contribution in [0.15, 0.2) is 48.5 Å². The van der Waals surface area contributed by atoms with E-state index >= 15 is 0 Å². The molecule has 0 aliphatic heterocycles. The molecule has 2 aromatic rings. The summed E-state index contributed by atoms with van der Waals surface area (Å²) in [7, 11) is 0. The van der Waals surface area contributed by atoms with Gasteiger partial charge in [-0.05, 0) is 36.8 Å². The zero-order chi connectivity index (χ0) is 12.3. The average molecular weight is 228 g/mol. The molecule has 0 bridgehead atoms. The van der Waals surface area contributed by atoms with E-state index in [1.165, 1.54) is 0 Å². The van der Waals surface area contributed by atoms with E-state index in [4.69, 9.17) is 5.73 Å². The predicted octanol–water partition coefficient (Wildman–Crippen LogP) is 3.16. The van der Waals surface area contributed by atoms with Gasteiger partial charge in [-0.3, -0.25) is 0 Å². The van der Waals surface area contributed by atoms with Crippen molar-refractivity contribution in [2.24, 2.45) is 5.73 Å². The van der Waals surface area contributed by atoms with Gasteiger partial charge in [0.15, 0.2) is 0 Å². The summed E-state index contributed by atoms with van der Waals surface area (Å²) in [5.41, 5.74) is 8.49. The largest absolute Gasteiger partial charge is 0.506 e. The van der Waals surface area contributed by atoms with Crippen molar-refractivity contribution in [2.75, 3.05) is 5.32 Å². The summed E-state index contributed by atoms with van der Waals surface area (Å²) >= 11 is 0. The Hall–Kier alpha value is -2.00. The molecule has 0 aromatic heterocycles. The van der Waals surface area contributed by atoms with Crippen LogP contribution in [0.5, 0.6) is 5.75 Å². The van der Waals surface area contributed by atoms with Crippen LogP contribution >= 0.6 is 0 Å². The van der Waals surface area contributed by atoms with Crippen molar-refractivity contribution >= 4 is 11.4 Å². The number of aromatic hydroxyl groups is 1. The van der Waals surface area contributed by atoms with Crippen LogP contribution in [0.3, 0.4) is 0 Å². The van der Waals surface area contributed by atoms with Crippen LogP contribution in [0.2, 0.25) is 0 Å². The molecule has 0 spiro atoms. The highest BCUT2D eigenvalue weighted by Crippen LogP contribution is 2.26. The zero-order valence-electron chi connectivity index (χ0n) is 9.72. The SMILES string of the molecule is C[C@@H](N)c1ccc(Nc2ccccc2O)cc1. The van der Waals surface area contributed by atoms with Crippen LogP contribution in [0.4, 0.5) is 11.4 Å². The molecule has 1 atom stereocenters. The molecule has 0 saturated carbocycles. The molecule has 88 valence electrons. The lowest BCUT2D eigenvalue weighted by Gasteiger charge is -2.10. The zero-order valence-corrected chi connectivity index (χ0v) is 9.72. The quantitative estimate of drug-likeness (QED) is 0.707. The first-order valence-corrected chi connectivity index (χ1v) is 5.57. The lowest BCUT2D eigenvalue weighted by atomic mass is 10.1. The van der Waals surface area contributed by atoms with Gasteiger partial charge < -0.3 is 16.2 Å². The molecule has 2 aromatic carbocycles. The molecular formula is C14H16N2O. The second-order valence-corrected chi connectivity index (χ2v) is 4.05. The Balaban J connectivity index is 2.17. The van der Waals surface area contributed by atoms with Gasteiger partial charge in [-0.15, -0.1) is 0 Å². The fourth-order valence-electron chi connectivity index (χ4n) is 1.60. The summed E-state index contributed by atoms with van der Waals surface area (Å²) in [6, 6.07) is 15.0. The summed E-state index contributed by atoms with van der Waals surface area (Å²) in [4.78, 5) is 0. The first-order valence-electron chi connectivity index (χ1n) is 5.57. The maximum absolute atomic E-state index is 9.63. The van der Waals surface area contributed by atoms with Crippen molar-refractivity contribution in [3.05, 3.63) is 54.1 Å². The third-order valence-electron chi connectivity index (χ3n) is 2.62. The number of hydrogen-bond acceptors (Lipinski definition) is 3. The van der Waals surface area contributed by atoms with Crippen molar-refractivity contribution in [1.82, 2.24) is 0 Å². The van der Waals surface area contributed by atoms with E-state index in [-0.39, 0.29) is 11.8 Å². The molecular weight excluding hydrogens is 212 g/mol. The van der Waals surface area contributed by atoms with Crippen molar-refractivity contribution in [1.29, 1.82) is 0 Å². The van der Waals surface area contributed by atoms with Gasteiger partial charge >= 0.3 is 0 Å². The fraction of sp³-hybridized carbons (Fsp3) is 0.143. The molecule has 0 fully saturated rings. The highest BCUT2D eigenvalue weighted by atomic mass is 16.3. The lowest BCUT2D eigenvalue weighted by molar-refractivity contribution is 0.478. The summed E-state index contributed by atoms with van der Waals surface area (Å²) in [6.45, 7) is 1.95. The average Bonchev–Trinajstić information content (AvgIpc) is 2.33. The Morgan fingerprint density at radius 3 is 2.29 bits per heavy atom. The molecule has 0 aliphatic rings. The van der Waals surface area contributed by atoms with Gasteiger partial charge in [0.1, 0.15) is 5.75 Å². The Morgan fingerprint density at radius 2 is 1.71 bits per heavy atom. The number of phenolic OH excluding ortho intramolecular Hbond substituents is 1. The summed E-state index contributed by atoms with van der Waals surface area (Å²) in [5, 5.41) is 12.8. The van der Waals surface area contributed by atoms with Crippen LogP contribution in [0.25, 0.3) is 0 Å². The summed E-state index contributed by atoms with van der Waals surface area (Å²) in [5.74, 6) is 0.240. The van der Waals surface area contributed by atoms with E-state index in [0.29, 0.717) is 5.69 Å². The Labute approximate surface area is 101 Å². The first-order chi connectivity index (χ1) is 8.16. The molecule has 3 heteroatoms. The molecule has 17 heavy (non-hydrogen) atoms. The second-order valence-electron chi connectivity index (χ2n) is 4.05. The number of phenols is 1.